The zero-order valence-corrected chi connectivity index (χ0v) is 12.0. The van der Waals surface area contributed by atoms with Crippen molar-refractivity contribution in [2.45, 2.75) is 42.2 Å². The van der Waals surface area contributed by atoms with Gasteiger partial charge in [-0.25, -0.2) is 13.1 Å². The lowest BCUT2D eigenvalue weighted by atomic mass is 10.1. The topological polar surface area (TPSA) is 75.6 Å². The van der Waals surface area contributed by atoms with Gasteiger partial charge in [-0.1, -0.05) is 0 Å². The van der Waals surface area contributed by atoms with Crippen LogP contribution in [0.3, 0.4) is 0 Å². The van der Waals surface area contributed by atoms with Crippen LogP contribution in [0.25, 0.3) is 0 Å². The number of hydrogen-bond acceptors (Lipinski definition) is 5. The molecule has 3 rings (SSSR count). The summed E-state index contributed by atoms with van der Waals surface area (Å²) in [6.07, 6.45) is 3.04. The molecule has 106 valence electrons. The van der Waals surface area contributed by atoms with Crippen molar-refractivity contribution in [3.05, 3.63) is 17.0 Å². The van der Waals surface area contributed by atoms with Gasteiger partial charge in [0.1, 0.15) is 4.21 Å². The molecule has 0 radical (unpaired) electrons. The van der Waals surface area contributed by atoms with Crippen molar-refractivity contribution in [3.8, 4) is 0 Å². The first-order valence-corrected chi connectivity index (χ1v) is 8.73. The van der Waals surface area contributed by atoms with Crippen LogP contribution in [0, 0.1) is 5.92 Å². The highest BCUT2D eigenvalue weighted by Gasteiger charge is 2.42. The first-order valence-electron chi connectivity index (χ1n) is 6.43. The quantitative estimate of drug-likeness (QED) is 0.853. The van der Waals surface area contributed by atoms with Crippen LogP contribution in [-0.2, 0) is 21.4 Å². The van der Waals surface area contributed by atoms with Crippen molar-refractivity contribution in [1.29, 1.82) is 0 Å². The normalized spacial score (nSPS) is 27.8. The van der Waals surface area contributed by atoms with E-state index in [0.717, 1.165) is 30.6 Å². The SMILES string of the molecule is O=S(=O)(NC1CCOC1C1CC1)c1ccc(CO)s1. The number of sulfonamides is 1. The average Bonchev–Trinajstić information content (AvgIpc) is 2.92. The monoisotopic (exact) mass is 303 g/mol. The second-order valence-corrected chi connectivity index (χ2v) is 8.18. The molecule has 1 saturated carbocycles. The molecule has 1 aromatic rings. The molecule has 1 saturated heterocycles. The van der Waals surface area contributed by atoms with E-state index < -0.39 is 10.0 Å². The van der Waals surface area contributed by atoms with Crippen molar-refractivity contribution in [1.82, 2.24) is 4.72 Å². The molecular formula is C12H17NO4S2. The number of aliphatic hydroxyl groups excluding tert-OH is 1. The minimum Gasteiger partial charge on any atom is -0.391 e. The molecule has 1 aliphatic carbocycles. The lowest BCUT2D eigenvalue weighted by Crippen LogP contribution is -2.41. The summed E-state index contributed by atoms with van der Waals surface area (Å²) in [6.45, 7) is 0.498. The third kappa shape index (κ3) is 2.85. The molecule has 0 amide bonds. The van der Waals surface area contributed by atoms with Crippen molar-refractivity contribution in [2.75, 3.05) is 6.61 Å². The Bertz CT molecular complexity index is 550. The fraction of sp³-hybridized carbons (Fsp3) is 0.667. The Morgan fingerprint density at radius 3 is 2.79 bits per heavy atom. The van der Waals surface area contributed by atoms with Gasteiger partial charge < -0.3 is 9.84 Å². The van der Waals surface area contributed by atoms with E-state index in [0.29, 0.717) is 17.4 Å². The summed E-state index contributed by atoms with van der Waals surface area (Å²) in [5, 5.41) is 9.00. The smallest absolute Gasteiger partial charge is 0.250 e. The molecule has 0 aromatic carbocycles. The van der Waals surface area contributed by atoms with E-state index in [1.165, 1.54) is 0 Å². The Labute approximate surface area is 116 Å². The lowest BCUT2D eigenvalue weighted by Gasteiger charge is -2.18. The molecule has 2 fully saturated rings. The van der Waals surface area contributed by atoms with Crippen molar-refractivity contribution in [2.24, 2.45) is 5.92 Å². The molecule has 19 heavy (non-hydrogen) atoms. The molecular weight excluding hydrogens is 286 g/mol. The van der Waals surface area contributed by atoms with E-state index in [1.54, 1.807) is 12.1 Å². The molecule has 2 unspecified atom stereocenters. The minimum absolute atomic E-state index is 0.0343. The van der Waals surface area contributed by atoms with Crippen LogP contribution < -0.4 is 4.72 Å². The van der Waals surface area contributed by atoms with E-state index >= 15 is 0 Å². The van der Waals surface area contributed by atoms with Gasteiger partial charge in [-0.2, -0.15) is 0 Å². The van der Waals surface area contributed by atoms with Crippen molar-refractivity contribution in [3.63, 3.8) is 0 Å². The van der Waals surface area contributed by atoms with Crippen LogP contribution in [0.5, 0.6) is 0 Å². The summed E-state index contributed by atoms with van der Waals surface area (Å²) in [4.78, 5) is 0.654. The fourth-order valence-electron chi connectivity index (χ4n) is 2.47. The number of rotatable bonds is 5. The average molecular weight is 303 g/mol. The van der Waals surface area contributed by atoms with E-state index in [1.807, 2.05) is 0 Å². The fourth-order valence-corrected chi connectivity index (χ4v) is 4.99. The van der Waals surface area contributed by atoms with E-state index in [4.69, 9.17) is 9.84 Å². The van der Waals surface area contributed by atoms with E-state index in [9.17, 15) is 8.42 Å². The maximum Gasteiger partial charge on any atom is 0.250 e. The molecule has 0 bridgehead atoms. The molecule has 1 aliphatic heterocycles. The lowest BCUT2D eigenvalue weighted by molar-refractivity contribution is 0.0848. The molecule has 7 heteroatoms. The first kappa shape index (κ1) is 13.5. The van der Waals surface area contributed by atoms with Crippen LogP contribution in [0.15, 0.2) is 16.3 Å². The summed E-state index contributed by atoms with van der Waals surface area (Å²) in [5.41, 5.74) is 0. The Hall–Kier alpha value is -0.470. The molecule has 2 heterocycles. The maximum absolute atomic E-state index is 12.3. The van der Waals surface area contributed by atoms with Gasteiger partial charge in [-0.05, 0) is 37.3 Å². The Kier molecular flexibility index (Phi) is 3.65. The molecule has 2 aliphatic rings. The van der Waals surface area contributed by atoms with Gasteiger partial charge in [0.15, 0.2) is 0 Å². The highest BCUT2D eigenvalue weighted by molar-refractivity contribution is 7.91. The first-order chi connectivity index (χ1) is 9.10. The number of thiophene rings is 1. The van der Waals surface area contributed by atoms with Crippen molar-refractivity contribution < 1.29 is 18.3 Å². The van der Waals surface area contributed by atoms with Crippen molar-refractivity contribution >= 4 is 21.4 Å². The second-order valence-electron chi connectivity index (χ2n) is 5.07. The number of nitrogens with one attached hydrogen (secondary N) is 1. The predicted octanol–water partition coefficient (Wildman–Crippen LogP) is 1.09. The molecule has 1 aromatic heterocycles. The van der Waals surface area contributed by atoms with E-state index in [2.05, 4.69) is 4.72 Å². The second kappa shape index (κ2) is 5.14. The van der Waals surface area contributed by atoms with Gasteiger partial charge in [0.2, 0.25) is 10.0 Å². The van der Waals surface area contributed by atoms with Crippen LogP contribution in [0.2, 0.25) is 0 Å². The Morgan fingerprint density at radius 2 is 2.16 bits per heavy atom. The number of ether oxygens (including phenoxy) is 1. The third-order valence-corrected chi connectivity index (χ3v) is 6.64. The van der Waals surface area contributed by atoms with Crippen LogP contribution in [0.4, 0.5) is 0 Å². The largest absolute Gasteiger partial charge is 0.391 e. The predicted molar refractivity (Wildman–Crippen MR) is 71.4 cm³/mol. The van der Waals surface area contributed by atoms with Crippen LogP contribution in [0.1, 0.15) is 24.1 Å². The molecule has 5 nitrogen and oxygen atoms in total. The number of aliphatic hydroxyl groups is 1. The van der Waals surface area contributed by atoms with E-state index in [-0.39, 0.29) is 23.0 Å². The zero-order valence-electron chi connectivity index (χ0n) is 10.4. The van der Waals surface area contributed by atoms with Crippen LogP contribution >= 0.6 is 11.3 Å². The summed E-state index contributed by atoms with van der Waals surface area (Å²) >= 11 is 1.11. The zero-order chi connectivity index (χ0) is 13.5. The molecule has 2 atom stereocenters. The van der Waals surface area contributed by atoms with Gasteiger partial charge in [-0.3, -0.25) is 0 Å². The van der Waals surface area contributed by atoms with Gasteiger partial charge >= 0.3 is 0 Å². The van der Waals surface area contributed by atoms with Gasteiger partial charge in [0, 0.05) is 11.5 Å². The van der Waals surface area contributed by atoms with Gasteiger partial charge in [0.05, 0.1) is 18.8 Å². The minimum atomic E-state index is -3.49. The summed E-state index contributed by atoms with van der Waals surface area (Å²) in [6, 6.07) is 3.07. The summed E-state index contributed by atoms with van der Waals surface area (Å²) < 4.78 is 33.2. The number of hydrogen-bond donors (Lipinski definition) is 2. The molecule has 2 N–H and O–H groups in total. The van der Waals surface area contributed by atoms with Gasteiger partial charge in [0.25, 0.3) is 0 Å². The summed E-state index contributed by atoms with van der Waals surface area (Å²) in [5.74, 6) is 0.520. The standard InChI is InChI=1S/C12H17NO4S2/c14-7-9-3-4-11(18-9)19(15,16)13-10-5-6-17-12(10)8-1-2-8/h3-4,8,10,12-14H,1-2,5-7H2. The highest BCUT2D eigenvalue weighted by Crippen LogP contribution is 2.39. The van der Waals surface area contributed by atoms with Crippen LogP contribution in [-0.4, -0.2) is 32.3 Å². The maximum atomic E-state index is 12.3. The highest BCUT2D eigenvalue weighted by atomic mass is 32.2. The van der Waals surface area contributed by atoms with Gasteiger partial charge in [-0.15, -0.1) is 11.3 Å². The summed E-state index contributed by atoms with van der Waals surface area (Å²) in [7, 11) is -3.49. The Morgan fingerprint density at radius 1 is 1.37 bits per heavy atom. The molecule has 0 spiro atoms. The third-order valence-electron chi connectivity index (χ3n) is 3.59. The Balaban J connectivity index is 1.73.